The molecule has 0 saturated carbocycles. The van der Waals surface area contributed by atoms with Crippen LogP contribution in [0.15, 0.2) is 24.3 Å². The number of carbonyl (C=O) groups excluding carboxylic acids is 1. The molecule has 1 aromatic carbocycles. The second kappa shape index (κ2) is 6.67. The molecule has 2 atom stereocenters. The summed E-state index contributed by atoms with van der Waals surface area (Å²) in [7, 11) is 0. The summed E-state index contributed by atoms with van der Waals surface area (Å²) in [6, 6.07) is 8.49. The quantitative estimate of drug-likeness (QED) is 0.798. The fraction of sp³-hybridized carbons (Fsp3) is 0.500. The number of nitrogens with two attached hydrogens (primary N) is 1. The molecular formula is C14H20IN3O. The largest absolute Gasteiger partial charge is 0.328 e. The minimum atomic E-state index is 0.0457. The maximum atomic E-state index is 12.0. The van der Waals surface area contributed by atoms with E-state index < -0.39 is 0 Å². The zero-order valence-corrected chi connectivity index (χ0v) is 13.3. The van der Waals surface area contributed by atoms with E-state index in [9.17, 15) is 4.79 Å². The molecule has 2 unspecified atom stereocenters. The van der Waals surface area contributed by atoms with Gasteiger partial charge in [-0.05, 0) is 60.6 Å². The molecule has 1 fully saturated rings. The Morgan fingerprint density at radius 2 is 2.37 bits per heavy atom. The van der Waals surface area contributed by atoms with E-state index in [0.29, 0.717) is 12.6 Å². The van der Waals surface area contributed by atoms with E-state index >= 15 is 0 Å². The average Bonchev–Trinajstić information content (AvgIpc) is 2.33. The zero-order chi connectivity index (χ0) is 13.8. The maximum absolute atomic E-state index is 12.0. The standard InChI is InChI=1S/C14H20IN3O/c1-10-7-12(16)5-6-18(10)9-14(19)17-13-4-2-3-11(15)8-13/h2-4,8,10,12H,5-7,9,16H2,1H3,(H,17,19). The molecule has 1 aromatic rings. The van der Waals surface area contributed by atoms with Crippen LogP contribution in [-0.2, 0) is 4.79 Å². The first-order valence-corrected chi connectivity index (χ1v) is 7.67. The number of benzene rings is 1. The molecule has 1 aliphatic heterocycles. The van der Waals surface area contributed by atoms with E-state index in [1.54, 1.807) is 0 Å². The molecule has 1 saturated heterocycles. The molecule has 0 aliphatic carbocycles. The summed E-state index contributed by atoms with van der Waals surface area (Å²) in [5, 5.41) is 2.95. The Balaban J connectivity index is 1.87. The average molecular weight is 373 g/mol. The molecule has 1 amide bonds. The van der Waals surface area contributed by atoms with Crippen LogP contribution in [-0.4, -0.2) is 36.0 Å². The predicted octanol–water partition coefficient (Wildman–Crippen LogP) is 2.04. The highest BCUT2D eigenvalue weighted by Gasteiger charge is 2.24. The maximum Gasteiger partial charge on any atom is 0.238 e. The van der Waals surface area contributed by atoms with Gasteiger partial charge in [0.2, 0.25) is 5.91 Å². The molecule has 0 spiro atoms. The highest BCUT2D eigenvalue weighted by atomic mass is 127. The van der Waals surface area contributed by atoms with Crippen molar-refractivity contribution >= 4 is 34.2 Å². The Morgan fingerprint density at radius 3 is 3.05 bits per heavy atom. The zero-order valence-electron chi connectivity index (χ0n) is 11.1. The monoisotopic (exact) mass is 373 g/mol. The first kappa shape index (κ1) is 14.7. The highest BCUT2D eigenvalue weighted by Crippen LogP contribution is 2.16. The Kier molecular flexibility index (Phi) is 5.18. The number of halogens is 1. The van der Waals surface area contributed by atoms with Gasteiger partial charge in [-0.15, -0.1) is 0 Å². The number of amides is 1. The number of hydrogen-bond acceptors (Lipinski definition) is 3. The number of likely N-dealkylation sites (tertiary alicyclic amines) is 1. The summed E-state index contributed by atoms with van der Waals surface area (Å²) < 4.78 is 1.12. The summed E-state index contributed by atoms with van der Waals surface area (Å²) in [6.45, 7) is 3.49. The van der Waals surface area contributed by atoms with Crippen LogP contribution in [0.4, 0.5) is 5.69 Å². The lowest BCUT2D eigenvalue weighted by molar-refractivity contribution is -0.118. The molecule has 0 aromatic heterocycles. The molecule has 0 bridgehead atoms. The van der Waals surface area contributed by atoms with Crippen molar-refractivity contribution in [2.24, 2.45) is 5.73 Å². The molecule has 3 N–H and O–H groups in total. The van der Waals surface area contributed by atoms with Crippen LogP contribution in [0.25, 0.3) is 0 Å². The van der Waals surface area contributed by atoms with Gasteiger partial charge in [0.05, 0.1) is 6.54 Å². The fourth-order valence-electron chi connectivity index (χ4n) is 2.44. The first-order valence-electron chi connectivity index (χ1n) is 6.59. The van der Waals surface area contributed by atoms with E-state index in [2.05, 4.69) is 39.7 Å². The minimum Gasteiger partial charge on any atom is -0.328 e. The SMILES string of the molecule is CC1CC(N)CCN1CC(=O)Nc1cccc(I)c1. The molecule has 19 heavy (non-hydrogen) atoms. The second-order valence-electron chi connectivity index (χ2n) is 5.16. The van der Waals surface area contributed by atoms with Crippen LogP contribution in [0.2, 0.25) is 0 Å². The summed E-state index contributed by atoms with van der Waals surface area (Å²) in [6.07, 6.45) is 1.94. The highest BCUT2D eigenvalue weighted by molar-refractivity contribution is 14.1. The molecule has 104 valence electrons. The third kappa shape index (κ3) is 4.43. The first-order chi connectivity index (χ1) is 9.04. The van der Waals surface area contributed by atoms with Crippen molar-refractivity contribution in [3.8, 4) is 0 Å². The minimum absolute atomic E-state index is 0.0457. The Hall–Kier alpha value is -0.660. The predicted molar refractivity (Wildman–Crippen MR) is 86.0 cm³/mol. The molecule has 0 radical (unpaired) electrons. The summed E-state index contributed by atoms with van der Waals surface area (Å²) in [5.41, 5.74) is 6.79. The lowest BCUT2D eigenvalue weighted by atomic mass is 9.99. The summed E-state index contributed by atoms with van der Waals surface area (Å²) in [4.78, 5) is 14.2. The number of hydrogen-bond donors (Lipinski definition) is 2. The molecular weight excluding hydrogens is 353 g/mol. The van der Waals surface area contributed by atoms with Gasteiger partial charge in [0.1, 0.15) is 0 Å². The topological polar surface area (TPSA) is 58.4 Å². The number of anilines is 1. The van der Waals surface area contributed by atoms with Crippen LogP contribution < -0.4 is 11.1 Å². The molecule has 1 aliphatic rings. The summed E-state index contributed by atoms with van der Waals surface area (Å²) >= 11 is 2.24. The normalized spacial score (nSPS) is 24.2. The molecule has 2 rings (SSSR count). The fourth-order valence-corrected chi connectivity index (χ4v) is 2.99. The van der Waals surface area contributed by atoms with Gasteiger partial charge >= 0.3 is 0 Å². The molecule has 5 heteroatoms. The van der Waals surface area contributed by atoms with Crippen molar-refractivity contribution in [2.75, 3.05) is 18.4 Å². The van der Waals surface area contributed by atoms with Gasteiger partial charge in [0.15, 0.2) is 0 Å². The van der Waals surface area contributed by atoms with Crippen molar-refractivity contribution < 1.29 is 4.79 Å². The number of nitrogens with zero attached hydrogens (tertiary/aromatic N) is 1. The van der Waals surface area contributed by atoms with Crippen molar-refractivity contribution in [3.05, 3.63) is 27.8 Å². The van der Waals surface area contributed by atoms with Gasteiger partial charge in [-0.1, -0.05) is 6.07 Å². The van der Waals surface area contributed by atoms with E-state index in [1.165, 1.54) is 0 Å². The van der Waals surface area contributed by atoms with E-state index in [4.69, 9.17) is 5.73 Å². The third-order valence-electron chi connectivity index (χ3n) is 3.51. The van der Waals surface area contributed by atoms with Gasteiger partial charge in [0, 0.05) is 27.9 Å². The van der Waals surface area contributed by atoms with Gasteiger partial charge in [-0.25, -0.2) is 0 Å². The van der Waals surface area contributed by atoms with Gasteiger partial charge in [0.25, 0.3) is 0 Å². The van der Waals surface area contributed by atoms with Crippen LogP contribution in [0, 0.1) is 3.57 Å². The van der Waals surface area contributed by atoms with Crippen LogP contribution in [0.3, 0.4) is 0 Å². The lowest BCUT2D eigenvalue weighted by Gasteiger charge is -2.35. The Bertz CT molecular complexity index is 452. The second-order valence-corrected chi connectivity index (χ2v) is 6.41. The smallest absolute Gasteiger partial charge is 0.238 e. The van der Waals surface area contributed by atoms with E-state index in [-0.39, 0.29) is 11.9 Å². The number of rotatable bonds is 3. The van der Waals surface area contributed by atoms with Crippen molar-refractivity contribution in [1.29, 1.82) is 0 Å². The Morgan fingerprint density at radius 1 is 1.58 bits per heavy atom. The van der Waals surface area contributed by atoms with Crippen LogP contribution in [0.1, 0.15) is 19.8 Å². The lowest BCUT2D eigenvalue weighted by Crippen LogP contribution is -2.48. The van der Waals surface area contributed by atoms with Gasteiger partial charge < -0.3 is 11.1 Å². The van der Waals surface area contributed by atoms with Crippen molar-refractivity contribution in [3.63, 3.8) is 0 Å². The number of carbonyl (C=O) groups is 1. The van der Waals surface area contributed by atoms with Crippen LogP contribution in [0.5, 0.6) is 0 Å². The van der Waals surface area contributed by atoms with Crippen molar-refractivity contribution in [2.45, 2.75) is 31.8 Å². The van der Waals surface area contributed by atoms with E-state index in [1.807, 2.05) is 24.3 Å². The number of nitrogens with one attached hydrogen (secondary N) is 1. The van der Waals surface area contributed by atoms with Crippen molar-refractivity contribution in [1.82, 2.24) is 4.90 Å². The molecule has 4 nitrogen and oxygen atoms in total. The molecule has 1 heterocycles. The summed E-state index contributed by atoms with van der Waals surface area (Å²) in [5.74, 6) is 0.0457. The number of piperidine rings is 1. The van der Waals surface area contributed by atoms with Gasteiger partial charge in [-0.3, -0.25) is 9.69 Å². The van der Waals surface area contributed by atoms with E-state index in [0.717, 1.165) is 28.6 Å². The third-order valence-corrected chi connectivity index (χ3v) is 4.18. The van der Waals surface area contributed by atoms with Gasteiger partial charge in [-0.2, -0.15) is 0 Å². The van der Waals surface area contributed by atoms with Crippen LogP contribution >= 0.6 is 22.6 Å². The Labute approximate surface area is 127 Å².